The lowest BCUT2D eigenvalue weighted by Crippen LogP contribution is -2.47. The van der Waals surface area contributed by atoms with Gasteiger partial charge in [-0.25, -0.2) is 4.39 Å². The third-order valence-corrected chi connectivity index (χ3v) is 5.33. The van der Waals surface area contributed by atoms with Gasteiger partial charge in [0.2, 0.25) is 5.91 Å². The highest BCUT2D eigenvalue weighted by molar-refractivity contribution is 6.31. The first-order valence-corrected chi connectivity index (χ1v) is 7.93. The Hall–Kier alpha value is -1.13. The summed E-state index contributed by atoms with van der Waals surface area (Å²) >= 11 is 6.00. The molecular formula is C16H20ClFN2O. The molecule has 2 fully saturated rings. The Morgan fingerprint density at radius 1 is 1.48 bits per heavy atom. The summed E-state index contributed by atoms with van der Waals surface area (Å²) in [6.45, 7) is 1.79. The van der Waals surface area contributed by atoms with Gasteiger partial charge in [0.25, 0.3) is 0 Å². The molecular weight excluding hydrogens is 291 g/mol. The van der Waals surface area contributed by atoms with Crippen molar-refractivity contribution in [3.63, 3.8) is 0 Å². The van der Waals surface area contributed by atoms with Crippen LogP contribution in [-0.4, -0.2) is 19.0 Å². The molecule has 1 aliphatic carbocycles. The van der Waals surface area contributed by atoms with E-state index in [0.717, 1.165) is 32.4 Å². The van der Waals surface area contributed by atoms with Gasteiger partial charge in [-0.2, -0.15) is 0 Å². The molecule has 3 rings (SSSR count). The Bertz CT molecular complexity index is 531. The molecule has 0 bridgehead atoms. The summed E-state index contributed by atoms with van der Waals surface area (Å²) in [4.78, 5) is 12.7. The lowest BCUT2D eigenvalue weighted by molar-refractivity contribution is -0.134. The van der Waals surface area contributed by atoms with E-state index in [9.17, 15) is 9.18 Å². The molecule has 1 aromatic rings. The van der Waals surface area contributed by atoms with Gasteiger partial charge in [-0.15, -0.1) is 0 Å². The standard InChI is InChI=1S/C16H20ClFN2O/c17-13-5-3-6-14(18)12(13)9-20-15(21)16-7-2-1-4-11(16)8-19-10-16/h3,5-6,11,19H,1-2,4,7-10H2,(H,20,21)/t11-,16+/m0/s1. The molecule has 1 heterocycles. The van der Waals surface area contributed by atoms with Crippen LogP contribution in [0.2, 0.25) is 5.02 Å². The lowest BCUT2D eigenvalue weighted by Gasteiger charge is -2.37. The lowest BCUT2D eigenvalue weighted by atomic mass is 9.67. The number of carbonyl (C=O) groups is 1. The van der Waals surface area contributed by atoms with Gasteiger partial charge in [-0.1, -0.05) is 30.5 Å². The average Bonchev–Trinajstić information content (AvgIpc) is 2.91. The van der Waals surface area contributed by atoms with Crippen molar-refractivity contribution in [3.05, 3.63) is 34.6 Å². The van der Waals surface area contributed by atoms with E-state index in [1.54, 1.807) is 12.1 Å². The summed E-state index contributed by atoms with van der Waals surface area (Å²) in [5.74, 6) is 0.0731. The van der Waals surface area contributed by atoms with Crippen molar-refractivity contribution in [2.75, 3.05) is 13.1 Å². The van der Waals surface area contributed by atoms with Crippen LogP contribution in [-0.2, 0) is 11.3 Å². The second-order valence-corrected chi connectivity index (χ2v) is 6.52. The molecule has 0 aromatic heterocycles. The highest BCUT2D eigenvalue weighted by atomic mass is 35.5. The Balaban J connectivity index is 1.72. The van der Waals surface area contributed by atoms with Crippen molar-refractivity contribution in [2.24, 2.45) is 11.3 Å². The van der Waals surface area contributed by atoms with Crippen LogP contribution < -0.4 is 10.6 Å². The van der Waals surface area contributed by atoms with E-state index in [4.69, 9.17) is 11.6 Å². The summed E-state index contributed by atoms with van der Waals surface area (Å²) in [6, 6.07) is 4.58. The molecule has 2 aliphatic rings. The minimum absolute atomic E-state index is 0.0384. The molecule has 114 valence electrons. The topological polar surface area (TPSA) is 41.1 Å². The largest absolute Gasteiger partial charge is 0.351 e. The van der Waals surface area contributed by atoms with Crippen LogP contribution in [0.3, 0.4) is 0 Å². The number of carbonyl (C=O) groups excluding carboxylic acids is 1. The Morgan fingerprint density at radius 3 is 3.14 bits per heavy atom. The summed E-state index contributed by atoms with van der Waals surface area (Å²) in [7, 11) is 0. The van der Waals surface area contributed by atoms with Gasteiger partial charge in [0.05, 0.1) is 5.41 Å². The van der Waals surface area contributed by atoms with E-state index in [1.807, 2.05) is 0 Å². The number of halogens is 2. The first-order valence-electron chi connectivity index (χ1n) is 7.55. The van der Waals surface area contributed by atoms with Crippen molar-refractivity contribution >= 4 is 17.5 Å². The van der Waals surface area contributed by atoms with E-state index in [-0.39, 0.29) is 23.7 Å². The number of amides is 1. The maximum atomic E-state index is 13.8. The minimum Gasteiger partial charge on any atom is -0.351 e. The zero-order chi connectivity index (χ0) is 14.9. The molecule has 5 heteroatoms. The third-order valence-electron chi connectivity index (χ3n) is 4.98. The number of fused-ring (bicyclic) bond motifs is 1. The summed E-state index contributed by atoms with van der Waals surface area (Å²) in [5, 5.41) is 6.61. The van der Waals surface area contributed by atoms with Crippen LogP contribution in [0.5, 0.6) is 0 Å². The Morgan fingerprint density at radius 2 is 2.33 bits per heavy atom. The normalized spacial score (nSPS) is 28.2. The van der Waals surface area contributed by atoms with Gasteiger partial charge in [0, 0.05) is 23.7 Å². The molecule has 0 radical (unpaired) electrons. The number of hydrogen-bond acceptors (Lipinski definition) is 2. The van der Waals surface area contributed by atoms with E-state index < -0.39 is 0 Å². The van der Waals surface area contributed by atoms with Crippen molar-refractivity contribution in [2.45, 2.75) is 32.2 Å². The maximum absolute atomic E-state index is 13.8. The molecule has 1 aromatic carbocycles. The van der Waals surface area contributed by atoms with Crippen LogP contribution in [0, 0.1) is 17.2 Å². The van der Waals surface area contributed by atoms with Gasteiger partial charge in [-0.05, 0) is 37.4 Å². The first-order chi connectivity index (χ1) is 10.1. The highest BCUT2D eigenvalue weighted by Gasteiger charge is 2.49. The fraction of sp³-hybridized carbons (Fsp3) is 0.562. The van der Waals surface area contributed by atoms with Gasteiger partial charge < -0.3 is 10.6 Å². The molecule has 3 nitrogen and oxygen atoms in total. The van der Waals surface area contributed by atoms with Gasteiger partial charge in [0.15, 0.2) is 0 Å². The Labute approximate surface area is 129 Å². The van der Waals surface area contributed by atoms with E-state index in [1.165, 1.54) is 12.5 Å². The zero-order valence-electron chi connectivity index (χ0n) is 11.9. The first kappa shape index (κ1) is 14.8. The average molecular weight is 311 g/mol. The number of nitrogens with one attached hydrogen (secondary N) is 2. The second-order valence-electron chi connectivity index (χ2n) is 6.11. The number of rotatable bonds is 3. The zero-order valence-corrected chi connectivity index (χ0v) is 12.7. The SMILES string of the molecule is O=C(NCc1c(F)cccc1Cl)[C@@]12CCCC[C@H]1CNC2. The van der Waals surface area contributed by atoms with Crippen molar-refractivity contribution in [1.29, 1.82) is 0 Å². The van der Waals surface area contributed by atoms with Crippen molar-refractivity contribution in [3.8, 4) is 0 Å². The van der Waals surface area contributed by atoms with E-state index >= 15 is 0 Å². The predicted octanol–water partition coefficient (Wildman–Crippen LogP) is 2.88. The quantitative estimate of drug-likeness (QED) is 0.901. The Kier molecular flexibility index (Phi) is 4.18. The van der Waals surface area contributed by atoms with Gasteiger partial charge >= 0.3 is 0 Å². The van der Waals surface area contributed by atoms with E-state index in [2.05, 4.69) is 10.6 Å². The van der Waals surface area contributed by atoms with Crippen molar-refractivity contribution < 1.29 is 9.18 Å². The van der Waals surface area contributed by atoms with Crippen LogP contribution >= 0.6 is 11.6 Å². The highest BCUT2D eigenvalue weighted by Crippen LogP contribution is 2.43. The predicted molar refractivity (Wildman–Crippen MR) is 80.5 cm³/mol. The van der Waals surface area contributed by atoms with Gasteiger partial charge in [-0.3, -0.25) is 4.79 Å². The molecule has 1 saturated heterocycles. The second kappa shape index (κ2) is 5.93. The third kappa shape index (κ3) is 2.67. The number of hydrogen-bond donors (Lipinski definition) is 2. The minimum atomic E-state index is -0.370. The van der Waals surface area contributed by atoms with E-state index in [0.29, 0.717) is 16.5 Å². The van der Waals surface area contributed by atoms with Crippen LogP contribution in [0.15, 0.2) is 18.2 Å². The molecule has 1 aliphatic heterocycles. The van der Waals surface area contributed by atoms with Crippen LogP contribution in [0.25, 0.3) is 0 Å². The molecule has 2 N–H and O–H groups in total. The summed E-state index contributed by atoms with van der Waals surface area (Å²) in [5.41, 5.74) is 0.0536. The molecule has 0 unspecified atom stereocenters. The molecule has 1 saturated carbocycles. The number of benzene rings is 1. The summed E-state index contributed by atoms with van der Waals surface area (Å²) in [6.07, 6.45) is 4.30. The fourth-order valence-electron chi connectivity index (χ4n) is 3.74. The van der Waals surface area contributed by atoms with Crippen LogP contribution in [0.1, 0.15) is 31.2 Å². The van der Waals surface area contributed by atoms with Crippen LogP contribution in [0.4, 0.5) is 4.39 Å². The molecule has 2 atom stereocenters. The monoisotopic (exact) mass is 310 g/mol. The smallest absolute Gasteiger partial charge is 0.228 e. The fourth-order valence-corrected chi connectivity index (χ4v) is 3.97. The molecule has 0 spiro atoms. The van der Waals surface area contributed by atoms with Gasteiger partial charge in [0.1, 0.15) is 5.82 Å². The summed E-state index contributed by atoms with van der Waals surface area (Å²) < 4.78 is 13.8. The van der Waals surface area contributed by atoms with Crippen molar-refractivity contribution in [1.82, 2.24) is 10.6 Å². The molecule has 21 heavy (non-hydrogen) atoms. The molecule has 1 amide bonds. The maximum Gasteiger partial charge on any atom is 0.228 e.